The number of rotatable bonds is 5. The highest BCUT2D eigenvalue weighted by Gasteiger charge is 2.30. The van der Waals surface area contributed by atoms with E-state index in [1.807, 2.05) is 42.5 Å². The highest BCUT2D eigenvalue weighted by atomic mass is 19.1. The van der Waals surface area contributed by atoms with Crippen LogP contribution < -0.4 is 4.74 Å². The Morgan fingerprint density at radius 3 is 2.60 bits per heavy atom. The van der Waals surface area contributed by atoms with Crippen LogP contribution in [0.5, 0.6) is 5.75 Å². The van der Waals surface area contributed by atoms with E-state index < -0.39 is 30.1 Å². The van der Waals surface area contributed by atoms with Gasteiger partial charge in [0.1, 0.15) is 5.82 Å². The first-order valence-corrected chi connectivity index (χ1v) is 9.79. The molecule has 0 aromatic heterocycles. The van der Waals surface area contributed by atoms with E-state index in [0.29, 0.717) is 0 Å². The van der Waals surface area contributed by atoms with Gasteiger partial charge in [-0.25, -0.2) is 8.78 Å². The number of hydrogen-bond acceptors (Lipinski definition) is 4. The number of halogens is 2. The number of aliphatic hydroxyl groups excluding tert-OH is 2. The average molecular weight is 412 g/mol. The minimum Gasteiger partial charge on any atom is -0.461 e. The van der Waals surface area contributed by atoms with Crippen molar-refractivity contribution in [3.63, 3.8) is 0 Å². The molecule has 4 rings (SSSR count). The molecule has 0 amide bonds. The monoisotopic (exact) mass is 412 g/mol. The van der Waals surface area contributed by atoms with Crippen LogP contribution in [-0.4, -0.2) is 35.3 Å². The van der Waals surface area contributed by atoms with Crippen LogP contribution in [-0.2, 0) is 4.74 Å². The molecular weight excluding hydrogens is 390 g/mol. The molecule has 1 heterocycles. The molecule has 2 N–H and O–H groups in total. The summed E-state index contributed by atoms with van der Waals surface area (Å²) in [6.45, 7) is -0.280. The van der Waals surface area contributed by atoms with E-state index in [9.17, 15) is 19.0 Å². The fourth-order valence-corrected chi connectivity index (χ4v) is 3.60. The molecule has 0 bridgehead atoms. The molecule has 3 atom stereocenters. The van der Waals surface area contributed by atoms with Crippen molar-refractivity contribution in [3.8, 4) is 5.75 Å². The maximum Gasteiger partial charge on any atom is 0.202 e. The maximum absolute atomic E-state index is 14.5. The van der Waals surface area contributed by atoms with Gasteiger partial charge in [-0.1, -0.05) is 48.6 Å². The van der Waals surface area contributed by atoms with Gasteiger partial charge >= 0.3 is 0 Å². The molecule has 6 heteroatoms. The summed E-state index contributed by atoms with van der Waals surface area (Å²) >= 11 is 0. The molecule has 3 aromatic rings. The summed E-state index contributed by atoms with van der Waals surface area (Å²) in [5.74, 6) is -1.75. The van der Waals surface area contributed by atoms with Gasteiger partial charge in [-0.05, 0) is 28.5 Å². The fourth-order valence-electron chi connectivity index (χ4n) is 3.60. The molecule has 1 aliphatic rings. The number of hydrogen-bond donors (Lipinski definition) is 2. The number of fused-ring (bicyclic) bond motifs is 1. The zero-order valence-electron chi connectivity index (χ0n) is 16.2. The Balaban J connectivity index is 1.61. The second kappa shape index (κ2) is 8.92. The number of aliphatic hydroxyl groups is 2. The van der Waals surface area contributed by atoms with Gasteiger partial charge in [0.05, 0.1) is 18.8 Å². The van der Waals surface area contributed by atoms with Gasteiger partial charge in [-0.2, -0.15) is 0 Å². The standard InChI is InChI=1S/C24H22F2O4/c25-19-10-18(8-6-15-5-7-16-3-1-2-4-17(16)9-15)24(22(26)11-19)30-23-13-20(28)12-21(14-27)29-23/h1-11,20-21,23,27-28H,12-14H2/b8-6+. The molecule has 3 unspecified atom stereocenters. The number of benzene rings is 3. The Bertz CT molecular complexity index is 1070. The van der Waals surface area contributed by atoms with Gasteiger partial charge in [-0.3, -0.25) is 0 Å². The quantitative estimate of drug-likeness (QED) is 0.605. The maximum atomic E-state index is 14.5. The molecule has 0 spiro atoms. The van der Waals surface area contributed by atoms with E-state index in [0.717, 1.165) is 22.4 Å². The van der Waals surface area contributed by atoms with Crippen LogP contribution in [0.15, 0.2) is 54.6 Å². The summed E-state index contributed by atoms with van der Waals surface area (Å²) in [5.41, 5.74) is 1.08. The van der Waals surface area contributed by atoms with Crippen molar-refractivity contribution < 1.29 is 28.5 Å². The molecule has 1 fully saturated rings. The van der Waals surface area contributed by atoms with Gasteiger partial charge in [0.2, 0.25) is 6.29 Å². The lowest BCUT2D eigenvalue weighted by Crippen LogP contribution is -2.40. The van der Waals surface area contributed by atoms with Crippen molar-refractivity contribution in [1.82, 2.24) is 0 Å². The van der Waals surface area contributed by atoms with Gasteiger partial charge in [0.15, 0.2) is 11.6 Å². The normalized spacial score (nSPS) is 21.9. The Morgan fingerprint density at radius 1 is 1.00 bits per heavy atom. The lowest BCUT2D eigenvalue weighted by molar-refractivity contribution is -0.185. The van der Waals surface area contributed by atoms with Crippen LogP contribution in [0.25, 0.3) is 22.9 Å². The van der Waals surface area contributed by atoms with Crippen molar-refractivity contribution in [1.29, 1.82) is 0 Å². The van der Waals surface area contributed by atoms with E-state index in [1.165, 1.54) is 6.07 Å². The SMILES string of the molecule is OCC1CC(O)CC(Oc2c(F)cc(F)cc2/C=C/c2ccc3ccccc3c2)O1. The van der Waals surface area contributed by atoms with E-state index in [2.05, 4.69) is 0 Å². The zero-order chi connectivity index (χ0) is 21.1. The predicted molar refractivity (Wildman–Crippen MR) is 111 cm³/mol. The second-order valence-corrected chi connectivity index (χ2v) is 7.36. The average Bonchev–Trinajstić information content (AvgIpc) is 2.73. The minimum absolute atomic E-state index is 0.126. The largest absolute Gasteiger partial charge is 0.461 e. The Kier molecular flexibility index (Phi) is 6.08. The Morgan fingerprint density at radius 2 is 1.80 bits per heavy atom. The number of ether oxygens (including phenoxy) is 2. The van der Waals surface area contributed by atoms with Crippen molar-refractivity contribution in [3.05, 3.63) is 77.4 Å². The predicted octanol–water partition coefficient (Wildman–Crippen LogP) is 4.53. The van der Waals surface area contributed by atoms with E-state index in [1.54, 1.807) is 12.2 Å². The molecule has 30 heavy (non-hydrogen) atoms. The van der Waals surface area contributed by atoms with Crippen LogP contribution in [0.3, 0.4) is 0 Å². The Labute approximate surface area is 173 Å². The molecule has 1 aliphatic heterocycles. The summed E-state index contributed by atoms with van der Waals surface area (Å²) < 4.78 is 39.6. The van der Waals surface area contributed by atoms with Crippen molar-refractivity contribution >= 4 is 22.9 Å². The summed E-state index contributed by atoms with van der Waals surface area (Å²) in [6, 6.07) is 15.7. The summed E-state index contributed by atoms with van der Waals surface area (Å²) in [5, 5.41) is 21.4. The van der Waals surface area contributed by atoms with E-state index >= 15 is 0 Å². The van der Waals surface area contributed by atoms with Crippen LogP contribution in [0.4, 0.5) is 8.78 Å². The smallest absolute Gasteiger partial charge is 0.202 e. The van der Waals surface area contributed by atoms with E-state index in [4.69, 9.17) is 9.47 Å². The zero-order valence-corrected chi connectivity index (χ0v) is 16.2. The lowest BCUT2D eigenvalue weighted by atomic mass is 10.0. The van der Waals surface area contributed by atoms with Crippen LogP contribution >= 0.6 is 0 Å². The van der Waals surface area contributed by atoms with E-state index in [-0.39, 0.29) is 30.8 Å². The third-order valence-electron chi connectivity index (χ3n) is 5.06. The topological polar surface area (TPSA) is 58.9 Å². The first kappa shape index (κ1) is 20.5. The third kappa shape index (κ3) is 4.67. The molecular formula is C24H22F2O4. The summed E-state index contributed by atoms with van der Waals surface area (Å²) in [4.78, 5) is 0. The van der Waals surface area contributed by atoms with Crippen LogP contribution in [0.2, 0.25) is 0 Å². The molecule has 156 valence electrons. The fraction of sp³-hybridized carbons (Fsp3) is 0.250. The first-order chi connectivity index (χ1) is 14.5. The Hall–Kier alpha value is -2.80. The molecule has 0 radical (unpaired) electrons. The first-order valence-electron chi connectivity index (χ1n) is 9.79. The van der Waals surface area contributed by atoms with Gasteiger partial charge < -0.3 is 19.7 Å². The second-order valence-electron chi connectivity index (χ2n) is 7.36. The molecule has 4 nitrogen and oxygen atoms in total. The van der Waals surface area contributed by atoms with Gasteiger partial charge in [0, 0.05) is 24.5 Å². The summed E-state index contributed by atoms with van der Waals surface area (Å²) in [7, 11) is 0. The lowest BCUT2D eigenvalue weighted by Gasteiger charge is -2.32. The molecule has 0 aliphatic carbocycles. The van der Waals surface area contributed by atoms with Crippen LogP contribution in [0, 0.1) is 11.6 Å². The molecule has 0 saturated carbocycles. The van der Waals surface area contributed by atoms with Crippen molar-refractivity contribution in [2.24, 2.45) is 0 Å². The van der Waals surface area contributed by atoms with Crippen LogP contribution in [0.1, 0.15) is 24.0 Å². The summed E-state index contributed by atoms with van der Waals surface area (Å²) in [6.07, 6.45) is 1.45. The minimum atomic E-state index is -0.946. The molecule has 3 aromatic carbocycles. The van der Waals surface area contributed by atoms with Crippen molar-refractivity contribution in [2.45, 2.75) is 31.3 Å². The van der Waals surface area contributed by atoms with Gasteiger partial charge in [-0.15, -0.1) is 0 Å². The highest BCUT2D eigenvalue weighted by Crippen LogP contribution is 2.30. The third-order valence-corrected chi connectivity index (χ3v) is 5.06. The van der Waals surface area contributed by atoms with Crippen molar-refractivity contribution in [2.75, 3.05) is 6.61 Å². The molecule has 1 saturated heterocycles. The van der Waals surface area contributed by atoms with Gasteiger partial charge in [0.25, 0.3) is 0 Å². The highest BCUT2D eigenvalue weighted by molar-refractivity contribution is 5.86.